The van der Waals surface area contributed by atoms with Gasteiger partial charge in [0.25, 0.3) is 0 Å². The number of rotatable bonds is 2. The summed E-state index contributed by atoms with van der Waals surface area (Å²) < 4.78 is 26.9. The second kappa shape index (κ2) is 3.70. The maximum absolute atomic E-state index is 13.5. The third kappa shape index (κ3) is 1.67. The lowest BCUT2D eigenvalue weighted by molar-refractivity contribution is 0.252. The number of nitrogens with zero attached hydrogens (tertiary/aromatic N) is 1. The summed E-state index contributed by atoms with van der Waals surface area (Å²) in [5, 5.41) is 0. The molecule has 2 nitrogen and oxygen atoms in total. The molecule has 0 saturated heterocycles. The zero-order valence-electron chi connectivity index (χ0n) is 9.56. The third-order valence-electron chi connectivity index (χ3n) is 3.31. The molecule has 2 rings (SSSR count). The van der Waals surface area contributed by atoms with Gasteiger partial charge >= 0.3 is 0 Å². The molecule has 0 heterocycles. The first-order chi connectivity index (χ1) is 7.44. The van der Waals surface area contributed by atoms with Crippen LogP contribution >= 0.6 is 0 Å². The second-order valence-corrected chi connectivity index (χ2v) is 4.70. The van der Waals surface area contributed by atoms with Crippen molar-refractivity contribution in [1.29, 1.82) is 0 Å². The SMILES string of the molecule is CN(C)c1cc(C2(N)CCC2)cc(F)c1F. The Hall–Kier alpha value is -1.16. The lowest BCUT2D eigenvalue weighted by Crippen LogP contribution is -2.43. The molecule has 0 atom stereocenters. The van der Waals surface area contributed by atoms with Crippen LogP contribution in [0.2, 0.25) is 0 Å². The van der Waals surface area contributed by atoms with Crippen LogP contribution in [0.15, 0.2) is 12.1 Å². The van der Waals surface area contributed by atoms with Crippen molar-refractivity contribution in [3.63, 3.8) is 0 Å². The van der Waals surface area contributed by atoms with E-state index < -0.39 is 17.2 Å². The molecule has 0 bridgehead atoms. The number of benzene rings is 1. The molecule has 2 N–H and O–H groups in total. The number of hydrogen-bond acceptors (Lipinski definition) is 2. The summed E-state index contributed by atoms with van der Waals surface area (Å²) in [6, 6.07) is 2.87. The summed E-state index contributed by atoms with van der Waals surface area (Å²) in [7, 11) is 3.37. The molecule has 1 fully saturated rings. The topological polar surface area (TPSA) is 29.3 Å². The van der Waals surface area contributed by atoms with Gasteiger partial charge in [0.1, 0.15) is 0 Å². The van der Waals surface area contributed by atoms with E-state index in [0.717, 1.165) is 19.3 Å². The molecule has 1 saturated carbocycles. The van der Waals surface area contributed by atoms with Gasteiger partial charge in [-0.1, -0.05) is 0 Å². The first-order valence-electron chi connectivity index (χ1n) is 5.40. The molecule has 1 aromatic rings. The molecule has 0 radical (unpaired) electrons. The van der Waals surface area contributed by atoms with E-state index in [1.165, 1.54) is 6.07 Å². The van der Waals surface area contributed by atoms with Crippen molar-refractivity contribution in [3.05, 3.63) is 29.3 Å². The number of nitrogens with two attached hydrogens (primary N) is 1. The van der Waals surface area contributed by atoms with E-state index in [9.17, 15) is 8.78 Å². The van der Waals surface area contributed by atoms with Crippen molar-refractivity contribution < 1.29 is 8.78 Å². The van der Waals surface area contributed by atoms with E-state index in [-0.39, 0.29) is 5.69 Å². The van der Waals surface area contributed by atoms with E-state index in [0.29, 0.717) is 5.56 Å². The van der Waals surface area contributed by atoms with E-state index in [1.807, 2.05) is 0 Å². The molecule has 0 unspecified atom stereocenters. The minimum absolute atomic E-state index is 0.256. The minimum Gasteiger partial charge on any atom is -0.375 e. The standard InChI is InChI=1S/C12H16F2N2/c1-16(2)10-7-8(6-9(13)11(10)14)12(15)4-3-5-12/h6-7H,3-5,15H2,1-2H3. The number of halogens is 2. The van der Waals surface area contributed by atoms with Crippen LogP contribution in [-0.4, -0.2) is 14.1 Å². The van der Waals surface area contributed by atoms with Crippen LogP contribution in [0.5, 0.6) is 0 Å². The molecule has 0 aromatic heterocycles. The van der Waals surface area contributed by atoms with Crippen LogP contribution in [0.25, 0.3) is 0 Å². The van der Waals surface area contributed by atoms with Crippen molar-refractivity contribution in [2.24, 2.45) is 5.73 Å². The monoisotopic (exact) mass is 226 g/mol. The van der Waals surface area contributed by atoms with E-state index in [4.69, 9.17) is 5.73 Å². The van der Waals surface area contributed by atoms with Gasteiger partial charge in [-0.3, -0.25) is 0 Å². The molecule has 0 amide bonds. The lowest BCUT2D eigenvalue weighted by atomic mass is 9.72. The van der Waals surface area contributed by atoms with Gasteiger partial charge in [0.2, 0.25) is 0 Å². The van der Waals surface area contributed by atoms with Gasteiger partial charge in [-0.2, -0.15) is 0 Å². The van der Waals surface area contributed by atoms with Crippen molar-refractivity contribution >= 4 is 5.69 Å². The first-order valence-corrected chi connectivity index (χ1v) is 5.40. The van der Waals surface area contributed by atoms with E-state index in [2.05, 4.69) is 0 Å². The molecular weight excluding hydrogens is 210 g/mol. The van der Waals surface area contributed by atoms with Crippen LogP contribution < -0.4 is 10.6 Å². The zero-order chi connectivity index (χ0) is 11.9. The molecule has 4 heteroatoms. The molecule has 1 aliphatic carbocycles. The van der Waals surface area contributed by atoms with Gasteiger partial charge in [-0.25, -0.2) is 8.78 Å². The van der Waals surface area contributed by atoms with E-state index >= 15 is 0 Å². The molecule has 0 spiro atoms. The van der Waals surface area contributed by atoms with Crippen molar-refractivity contribution in [2.45, 2.75) is 24.8 Å². The van der Waals surface area contributed by atoms with Gasteiger partial charge < -0.3 is 10.6 Å². The summed E-state index contributed by atoms with van der Waals surface area (Å²) in [5.74, 6) is -1.63. The highest BCUT2D eigenvalue weighted by Gasteiger charge is 2.35. The summed E-state index contributed by atoms with van der Waals surface area (Å²) in [5.41, 5.74) is 6.60. The van der Waals surface area contributed by atoms with Crippen molar-refractivity contribution in [3.8, 4) is 0 Å². The molecular formula is C12H16F2N2. The smallest absolute Gasteiger partial charge is 0.182 e. The van der Waals surface area contributed by atoms with Crippen molar-refractivity contribution in [1.82, 2.24) is 0 Å². The highest BCUT2D eigenvalue weighted by Crippen LogP contribution is 2.40. The van der Waals surface area contributed by atoms with Crippen molar-refractivity contribution in [2.75, 3.05) is 19.0 Å². The molecule has 1 aliphatic rings. The van der Waals surface area contributed by atoms with Gasteiger partial charge in [-0.05, 0) is 37.0 Å². The van der Waals surface area contributed by atoms with Crippen LogP contribution in [0.1, 0.15) is 24.8 Å². The Bertz CT molecular complexity index is 412. The predicted octanol–water partition coefficient (Wildman–Crippen LogP) is 2.37. The quantitative estimate of drug-likeness (QED) is 0.838. The summed E-state index contributed by atoms with van der Waals surface area (Å²) >= 11 is 0. The minimum atomic E-state index is -0.821. The third-order valence-corrected chi connectivity index (χ3v) is 3.31. The van der Waals surface area contributed by atoms with Gasteiger partial charge in [0.05, 0.1) is 5.69 Å². The highest BCUT2D eigenvalue weighted by molar-refractivity contribution is 5.51. The Morgan fingerprint density at radius 1 is 1.25 bits per heavy atom. The Balaban J connectivity index is 2.48. The molecule has 16 heavy (non-hydrogen) atoms. The molecule has 1 aromatic carbocycles. The Morgan fingerprint density at radius 2 is 1.88 bits per heavy atom. The molecule has 88 valence electrons. The van der Waals surface area contributed by atoms with Gasteiger partial charge in [0.15, 0.2) is 11.6 Å². The van der Waals surface area contributed by atoms with E-state index in [1.54, 1.807) is 25.1 Å². The fourth-order valence-electron chi connectivity index (χ4n) is 2.03. The summed E-state index contributed by atoms with van der Waals surface area (Å²) in [4.78, 5) is 1.56. The van der Waals surface area contributed by atoms with Crippen LogP contribution in [0.3, 0.4) is 0 Å². The Kier molecular flexibility index (Phi) is 2.62. The van der Waals surface area contributed by atoms with Crippen LogP contribution in [-0.2, 0) is 5.54 Å². The summed E-state index contributed by atoms with van der Waals surface area (Å²) in [6.07, 6.45) is 2.72. The van der Waals surface area contributed by atoms with Gasteiger partial charge in [0, 0.05) is 19.6 Å². The Morgan fingerprint density at radius 3 is 2.31 bits per heavy atom. The average molecular weight is 226 g/mol. The largest absolute Gasteiger partial charge is 0.375 e. The fourth-order valence-corrected chi connectivity index (χ4v) is 2.03. The number of hydrogen-bond donors (Lipinski definition) is 1. The maximum Gasteiger partial charge on any atom is 0.182 e. The maximum atomic E-state index is 13.5. The normalized spacial score (nSPS) is 18.1. The first kappa shape index (κ1) is 11.3. The fraction of sp³-hybridized carbons (Fsp3) is 0.500. The predicted molar refractivity (Wildman–Crippen MR) is 60.4 cm³/mol. The average Bonchev–Trinajstić information content (AvgIpc) is 2.18. The number of anilines is 1. The summed E-state index contributed by atoms with van der Waals surface area (Å²) in [6.45, 7) is 0. The van der Waals surface area contributed by atoms with Crippen LogP contribution in [0.4, 0.5) is 14.5 Å². The van der Waals surface area contributed by atoms with Gasteiger partial charge in [-0.15, -0.1) is 0 Å². The lowest BCUT2D eigenvalue weighted by Gasteiger charge is -2.39. The highest BCUT2D eigenvalue weighted by atomic mass is 19.2. The Labute approximate surface area is 94.0 Å². The zero-order valence-corrected chi connectivity index (χ0v) is 9.56. The molecule has 0 aliphatic heterocycles. The second-order valence-electron chi connectivity index (χ2n) is 4.70. The van der Waals surface area contributed by atoms with Crippen LogP contribution in [0, 0.1) is 11.6 Å².